The molecule has 1 aliphatic rings. The highest BCUT2D eigenvalue weighted by molar-refractivity contribution is 14.0. The van der Waals surface area contributed by atoms with Crippen LogP contribution < -0.4 is 10.6 Å². The molecule has 0 amide bonds. The maximum atomic E-state index is 5.95. The van der Waals surface area contributed by atoms with Crippen molar-refractivity contribution in [2.75, 3.05) is 40.0 Å². The third-order valence-corrected chi connectivity index (χ3v) is 3.74. The molecular formula is C16H34IN3O2. The second kappa shape index (κ2) is 15.8. The summed E-state index contributed by atoms with van der Waals surface area (Å²) < 4.78 is 11.3. The van der Waals surface area contributed by atoms with Crippen LogP contribution in [0.4, 0.5) is 0 Å². The maximum absolute atomic E-state index is 5.95. The van der Waals surface area contributed by atoms with Crippen molar-refractivity contribution in [2.45, 2.75) is 58.0 Å². The quantitative estimate of drug-likeness (QED) is 0.195. The predicted molar refractivity (Wildman–Crippen MR) is 103 cm³/mol. The van der Waals surface area contributed by atoms with Crippen LogP contribution in [-0.2, 0) is 9.47 Å². The van der Waals surface area contributed by atoms with E-state index in [4.69, 9.17) is 9.47 Å². The summed E-state index contributed by atoms with van der Waals surface area (Å²) in [5.74, 6) is 0.843. The molecule has 0 spiro atoms. The normalized spacial score (nSPS) is 16.7. The van der Waals surface area contributed by atoms with Crippen LogP contribution in [0.5, 0.6) is 0 Å². The van der Waals surface area contributed by atoms with Crippen molar-refractivity contribution in [1.82, 2.24) is 10.6 Å². The second-order valence-corrected chi connectivity index (χ2v) is 5.46. The van der Waals surface area contributed by atoms with Gasteiger partial charge in [-0.05, 0) is 26.2 Å². The van der Waals surface area contributed by atoms with Gasteiger partial charge < -0.3 is 20.1 Å². The zero-order valence-electron chi connectivity index (χ0n) is 14.2. The molecule has 1 aliphatic carbocycles. The van der Waals surface area contributed by atoms with Crippen LogP contribution in [0.3, 0.4) is 0 Å². The Labute approximate surface area is 153 Å². The number of nitrogens with one attached hydrogen (secondary N) is 2. The molecule has 1 rings (SSSR count). The minimum atomic E-state index is 0. The molecular weight excluding hydrogens is 393 g/mol. The summed E-state index contributed by atoms with van der Waals surface area (Å²) in [6.45, 7) is 6.04. The van der Waals surface area contributed by atoms with E-state index >= 15 is 0 Å². The topological polar surface area (TPSA) is 54.9 Å². The highest BCUT2D eigenvalue weighted by atomic mass is 127. The fourth-order valence-electron chi connectivity index (χ4n) is 2.55. The summed E-state index contributed by atoms with van der Waals surface area (Å²) in [7, 11) is 1.80. The zero-order valence-corrected chi connectivity index (χ0v) is 16.6. The Balaban J connectivity index is 0.00000441. The fraction of sp³-hybridized carbons (Fsp3) is 0.938. The van der Waals surface area contributed by atoms with Crippen molar-refractivity contribution in [3.05, 3.63) is 0 Å². The van der Waals surface area contributed by atoms with E-state index in [9.17, 15) is 0 Å². The van der Waals surface area contributed by atoms with Gasteiger partial charge in [-0.2, -0.15) is 0 Å². The van der Waals surface area contributed by atoms with Crippen LogP contribution in [-0.4, -0.2) is 52.0 Å². The van der Waals surface area contributed by atoms with Crippen molar-refractivity contribution in [3.63, 3.8) is 0 Å². The van der Waals surface area contributed by atoms with E-state index in [2.05, 4.69) is 15.6 Å². The van der Waals surface area contributed by atoms with E-state index in [1.54, 1.807) is 7.05 Å². The molecule has 2 N–H and O–H groups in total. The van der Waals surface area contributed by atoms with Gasteiger partial charge in [-0.25, -0.2) is 0 Å². The smallest absolute Gasteiger partial charge is 0.191 e. The van der Waals surface area contributed by atoms with E-state index < -0.39 is 0 Å². The van der Waals surface area contributed by atoms with Gasteiger partial charge in [-0.1, -0.05) is 25.7 Å². The highest BCUT2D eigenvalue weighted by Gasteiger charge is 2.11. The van der Waals surface area contributed by atoms with Crippen LogP contribution in [0.1, 0.15) is 51.9 Å². The number of halogens is 1. The molecule has 0 heterocycles. The Bertz CT molecular complexity index is 270. The van der Waals surface area contributed by atoms with Gasteiger partial charge in [0.05, 0.1) is 12.7 Å². The molecule has 0 saturated heterocycles. The molecule has 132 valence electrons. The van der Waals surface area contributed by atoms with Gasteiger partial charge in [0.15, 0.2) is 5.96 Å². The molecule has 0 aromatic rings. The highest BCUT2D eigenvalue weighted by Crippen LogP contribution is 2.19. The van der Waals surface area contributed by atoms with Crippen LogP contribution in [0.15, 0.2) is 4.99 Å². The molecule has 0 atom stereocenters. The predicted octanol–water partition coefficient (Wildman–Crippen LogP) is 2.94. The molecule has 0 unspecified atom stereocenters. The first-order valence-corrected chi connectivity index (χ1v) is 8.50. The van der Waals surface area contributed by atoms with Crippen molar-refractivity contribution in [1.29, 1.82) is 0 Å². The summed E-state index contributed by atoms with van der Waals surface area (Å²) in [6.07, 6.45) is 9.30. The molecule has 0 radical (unpaired) electrons. The Kier molecular flexibility index (Phi) is 15.7. The first-order valence-electron chi connectivity index (χ1n) is 8.50. The number of aliphatic imine (C=N–C) groups is 1. The molecule has 1 saturated carbocycles. The molecule has 0 aromatic heterocycles. The van der Waals surface area contributed by atoms with Crippen LogP contribution in [0.25, 0.3) is 0 Å². The standard InChI is InChI=1S/C16H33N3O2.HI/c1-3-20-13-8-11-18-16(17-2)19-12-14-21-15-9-6-4-5-7-10-15;/h15H,3-14H2,1-2H3,(H2,17,18,19);1H. The number of rotatable bonds is 9. The zero-order chi connectivity index (χ0) is 15.2. The van der Waals surface area contributed by atoms with Crippen molar-refractivity contribution < 1.29 is 9.47 Å². The average Bonchev–Trinajstić information content (AvgIpc) is 2.78. The summed E-state index contributed by atoms with van der Waals surface area (Å²) in [4.78, 5) is 4.20. The van der Waals surface area contributed by atoms with Crippen molar-refractivity contribution in [2.24, 2.45) is 4.99 Å². The van der Waals surface area contributed by atoms with E-state index in [1.165, 1.54) is 38.5 Å². The first-order chi connectivity index (χ1) is 10.4. The van der Waals surface area contributed by atoms with Gasteiger partial charge in [0, 0.05) is 33.4 Å². The molecule has 5 nitrogen and oxygen atoms in total. The number of hydrogen-bond acceptors (Lipinski definition) is 3. The Hall–Kier alpha value is -0.0800. The van der Waals surface area contributed by atoms with Crippen LogP contribution in [0.2, 0.25) is 0 Å². The van der Waals surface area contributed by atoms with Gasteiger partial charge in [-0.15, -0.1) is 24.0 Å². The average molecular weight is 427 g/mol. The van der Waals surface area contributed by atoms with Crippen LogP contribution >= 0.6 is 24.0 Å². The molecule has 6 heteroatoms. The van der Waals surface area contributed by atoms with Gasteiger partial charge in [0.1, 0.15) is 0 Å². The molecule has 0 aliphatic heterocycles. The lowest BCUT2D eigenvalue weighted by Gasteiger charge is -2.16. The number of ether oxygens (including phenoxy) is 2. The summed E-state index contributed by atoms with van der Waals surface area (Å²) >= 11 is 0. The summed E-state index contributed by atoms with van der Waals surface area (Å²) in [6, 6.07) is 0. The Morgan fingerprint density at radius 1 is 1.05 bits per heavy atom. The monoisotopic (exact) mass is 427 g/mol. The molecule has 22 heavy (non-hydrogen) atoms. The maximum Gasteiger partial charge on any atom is 0.191 e. The number of hydrogen-bond donors (Lipinski definition) is 2. The lowest BCUT2D eigenvalue weighted by atomic mass is 10.1. The van der Waals surface area contributed by atoms with E-state index in [-0.39, 0.29) is 24.0 Å². The Morgan fingerprint density at radius 2 is 1.73 bits per heavy atom. The lowest BCUT2D eigenvalue weighted by molar-refractivity contribution is 0.0468. The Morgan fingerprint density at radius 3 is 2.36 bits per heavy atom. The van der Waals surface area contributed by atoms with Gasteiger partial charge in [0.25, 0.3) is 0 Å². The van der Waals surface area contributed by atoms with Gasteiger partial charge >= 0.3 is 0 Å². The number of guanidine groups is 1. The third kappa shape index (κ3) is 11.5. The molecule has 0 aromatic carbocycles. The van der Waals surface area contributed by atoms with Crippen molar-refractivity contribution >= 4 is 29.9 Å². The second-order valence-electron chi connectivity index (χ2n) is 5.46. The first kappa shape index (κ1) is 21.9. The lowest BCUT2D eigenvalue weighted by Crippen LogP contribution is -2.40. The molecule has 0 bridgehead atoms. The van der Waals surface area contributed by atoms with Crippen LogP contribution in [0, 0.1) is 0 Å². The largest absolute Gasteiger partial charge is 0.382 e. The number of nitrogens with zero attached hydrogens (tertiary/aromatic N) is 1. The summed E-state index contributed by atoms with van der Waals surface area (Å²) in [5, 5.41) is 6.57. The minimum absolute atomic E-state index is 0. The van der Waals surface area contributed by atoms with E-state index in [0.717, 1.165) is 45.3 Å². The molecule has 1 fully saturated rings. The third-order valence-electron chi connectivity index (χ3n) is 3.74. The van der Waals surface area contributed by atoms with E-state index in [0.29, 0.717) is 6.10 Å². The van der Waals surface area contributed by atoms with E-state index in [1.807, 2.05) is 6.92 Å². The minimum Gasteiger partial charge on any atom is -0.382 e. The summed E-state index contributed by atoms with van der Waals surface area (Å²) in [5.41, 5.74) is 0. The van der Waals surface area contributed by atoms with Gasteiger partial charge in [0.2, 0.25) is 0 Å². The van der Waals surface area contributed by atoms with Gasteiger partial charge in [-0.3, -0.25) is 4.99 Å². The SMILES string of the molecule is CCOCCCNC(=NC)NCCOC1CCCCCC1.I. The fourth-order valence-corrected chi connectivity index (χ4v) is 2.55. The van der Waals surface area contributed by atoms with Crippen molar-refractivity contribution in [3.8, 4) is 0 Å².